The first kappa shape index (κ1) is 22.0. The van der Waals surface area contributed by atoms with Crippen molar-refractivity contribution in [3.8, 4) is 17.0 Å². The van der Waals surface area contributed by atoms with E-state index in [-0.39, 0.29) is 18.4 Å². The number of ether oxygens (including phenoxy) is 1. The Morgan fingerprint density at radius 3 is 2.78 bits per heavy atom. The van der Waals surface area contributed by atoms with E-state index in [1.165, 1.54) is 23.8 Å². The number of benzene rings is 2. The van der Waals surface area contributed by atoms with Gasteiger partial charge in [0.2, 0.25) is 5.91 Å². The summed E-state index contributed by atoms with van der Waals surface area (Å²) in [4.78, 5) is 28.1. The SMILES string of the molecule is CC(=O)NCCCc1ccc(-c2csc(NC(=O)C3=Cc4cc(Cl)ccc4OC3)n2)cc1. The predicted octanol–water partition coefficient (Wildman–Crippen LogP) is 4.95. The molecule has 0 radical (unpaired) electrons. The lowest BCUT2D eigenvalue weighted by Crippen LogP contribution is -2.21. The van der Waals surface area contributed by atoms with E-state index in [2.05, 4.69) is 27.8 Å². The fourth-order valence-electron chi connectivity index (χ4n) is 3.32. The third-order valence-corrected chi connectivity index (χ3v) is 5.96. The topological polar surface area (TPSA) is 80.3 Å². The van der Waals surface area contributed by atoms with Crippen molar-refractivity contribution in [2.45, 2.75) is 19.8 Å². The summed E-state index contributed by atoms with van der Waals surface area (Å²) in [5, 5.41) is 8.70. The van der Waals surface area contributed by atoms with Crippen LogP contribution in [0.4, 0.5) is 5.13 Å². The van der Waals surface area contributed by atoms with Gasteiger partial charge in [0, 0.05) is 35.0 Å². The largest absolute Gasteiger partial charge is 0.488 e. The number of carbonyl (C=O) groups is 2. The van der Waals surface area contributed by atoms with Crippen molar-refractivity contribution in [2.75, 3.05) is 18.5 Å². The zero-order valence-corrected chi connectivity index (χ0v) is 19.1. The smallest absolute Gasteiger partial charge is 0.256 e. The summed E-state index contributed by atoms with van der Waals surface area (Å²) in [6, 6.07) is 13.5. The number of halogens is 1. The molecule has 2 amide bonds. The maximum atomic E-state index is 12.7. The van der Waals surface area contributed by atoms with Crippen LogP contribution in [0.25, 0.3) is 17.3 Å². The van der Waals surface area contributed by atoms with Crippen molar-refractivity contribution in [1.82, 2.24) is 10.3 Å². The first-order valence-electron chi connectivity index (χ1n) is 10.2. The Bertz CT molecular complexity index is 1170. The fourth-order valence-corrected chi connectivity index (χ4v) is 4.22. The molecule has 164 valence electrons. The van der Waals surface area contributed by atoms with Crippen molar-refractivity contribution in [2.24, 2.45) is 0 Å². The summed E-state index contributed by atoms with van der Waals surface area (Å²) < 4.78 is 5.66. The van der Waals surface area contributed by atoms with Crippen LogP contribution in [-0.4, -0.2) is 29.9 Å². The highest BCUT2D eigenvalue weighted by Gasteiger charge is 2.18. The number of hydrogen-bond donors (Lipinski definition) is 2. The average molecular weight is 468 g/mol. The second kappa shape index (κ2) is 9.97. The Kier molecular flexibility index (Phi) is 6.87. The van der Waals surface area contributed by atoms with Gasteiger partial charge in [-0.15, -0.1) is 11.3 Å². The molecule has 2 N–H and O–H groups in total. The molecule has 1 aliphatic rings. The van der Waals surface area contributed by atoms with Gasteiger partial charge in [0.15, 0.2) is 5.13 Å². The van der Waals surface area contributed by atoms with Crippen molar-refractivity contribution in [1.29, 1.82) is 0 Å². The Labute approximate surface area is 195 Å². The molecule has 6 nitrogen and oxygen atoms in total. The van der Waals surface area contributed by atoms with Crippen molar-refractivity contribution in [3.63, 3.8) is 0 Å². The van der Waals surface area contributed by atoms with Gasteiger partial charge >= 0.3 is 0 Å². The number of hydrogen-bond acceptors (Lipinski definition) is 5. The van der Waals surface area contributed by atoms with Gasteiger partial charge < -0.3 is 10.1 Å². The van der Waals surface area contributed by atoms with Crippen LogP contribution in [0.2, 0.25) is 5.02 Å². The molecule has 0 unspecified atom stereocenters. The second-order valence-corrected chi connectivity index (χ2v) is 8.71. The Balaban J connectivity index is 1.37. The van der Waals surface area contributed by atoms with Gasteiger partial charge in [-0.05, 0) is 42.7 Å². The third-order valence-electron chi connectivity index (χ3n) is 4.97. The molecule has 1 aliphatic heterocycles. The highest BCUT2D eigenvalue weighted by Crippen LogP contribution is 2.30. The lowest BCUT2D eigenvalue weighted by Gasteiger charge is -2.17. The minimum absolute atomic E-state index is 0.00621. The molecule has 0 aliphatic carbocycles. The predicted molar refractivity (Wildman–Crippen MR) is 128 cm³/mol. The highest BCUT2D eigenvalue weighted by molar-refractivity contribution is 7.14. The molecule has 8 heteroatoms. The summed E-state index contributed by atoms with van der Waals surface area (Å²) in [7, 11) is 0. The summed E-state index contributed by atoms with van der Waals surface area (Å²) >= 11 is 7.41. The molecule has 0 fully saturated rings. The summed E-state index contributed by atoms with van der Waals surface area (Å²) in [5.41, 5.74) is 4.29. The third kappa shape index (κ3) is 5.55. The number of amides is 2. The lowest BCUT2D eigenvalue weighted by atomic mass is 10.1. The fraction of sp³-hybridized carbons (Fsp3) is 0.208. The Morgan fingerprint density at radius 1 is 1.19 bits per heavy atom. The average Bonchev–Trinajstić information content (AvgIpc) is 3.25. The molecule has 1 aromatic heterocycles. The van der Waals surface area contributed by atoms with Crippen LogP contribution >= 0.6 is 22.9 Å². The quantitative estimate of drug-likeness (QED) is 0.482. The zero-order valence-electron chi connectivity index (χ0n) is 17.5. The molecular formula is C24H22ClN3O3S. The number of fused-ring (bicyclic) bond motifs is 1. The van der Waals surface area contributed by atoms with Crippen LogP contribution < -0.4 is 15.4 Å². The van der Waals surface area contributed by atoms with Gasteiger partial charge in [-0.2, -0.15) is 0 Å². The van der Waals surface area contributed by atoms with E-state index < -0.39 is 0 Å². The van der Waals surface area contributed by atoms with E-state index >= 15 is 0 Å². The summed E-state index contributed by atoms with van der Waals surface area (Å²) in [6.07, 6.45) is 3.58. The number of aromatic nitrogens is 1. The van der Waals surface area contributed by atoms with E-state index in [4.69, 9.17) is 16.3 Å². The zero-order chi connectivity index (χ0) is 22.5. The normalized spacial score (nSPS) is 12.4. The maximum Gasteiger partial charge on any atom is 0.256 e. The summed E-state index contributed by atoms with van der Waals surface area (Å²) in [6.45, 7) is 2.39. The number of nitrogens with zero attached hydrogens (tertiary/aromatic N) is 1. The van der Waals surface area contributed by atoms with Crippen molar-refractivity contribution in [3.05, 3.63) is 69.6 Å². The van der Waals surface area contributed by atoms with Crippen molar-refractivity contribution >= 4 is 46.0 Å². The molecule has 2 aromatic carbocycles. The van der Waals surface area contributed by atoms with Gasteiger partial charge in [-0.3, -0.25) is 14.9 Å². The second-order valence-electron chi connectivity index (χ2n) is 7.42. The van der Waals surface area contributed by atoms with Crippen LogP contribution in [0, 0.1) is 0 Å². The molecular weight excluding hydrogens is 446 g/mol. The Hall–Kier alpha value is -3.16. The van der Waals surface area contributed by atoms with E-state index in [9.17, 15) is 9.59 Å². The minimum atomic E-state index is -0.244. The van der Waals surface area contributed by atoms with Gasteiger partial charge in [0.05, 0.1) is 11.3 Å². The number of rotatable bonds is 7. The van der Waals surface area contributed by atoms with Crippen LogP contribution in [0.1, 0.15) is 24.5 Å². The minimum Gasteiger partial charge on any atom is -0.488 e. The van der Waals surface area contributed by atoms with E-state index in [1.54, 1.807) is 24.3 Å². The van der Waals surface area contributed by atoms with Gasteiger partial charge in [-0.25, -0.2) is 4.98 Å². The first-order valence-corrected chi connectivity index (χ1v) is 11.5. The number of thiazole rings is 1. The highest BCUT2D eigenvalue weighted by atomic mass is 35.5. The van der Waals surface area contributed by atoms with Gasteiger partial charge in [0.25, 0.3) is 5.91 Å². The van der Waals surface area contributed by atoms with E-state index in [0.717, 1.165) is 29.7 Å². The Morgan fingerprint density at radius 2 is 2.00 bits per heavy atom. The summed E-state index contributed by atoms with van der Waals surface area (Å²) in [5.74, 6) is 0.459. The van der Waals surface area contributed by atoms with Crippen LogP contribution in [0.3, 0.4) is 0 Å². The lowest BCUT2D eigenvalue weighted by molar-refractivity contribution is -0.119. The molecule has 0 saturated heterocycles. The molecule has 0 atom stereocenters. The number of aryl methyl sites for hydroxylation is 1. The molecule has 0 saturated carbocycles. The van der Waals surface area contributed by atoms with Gasteiger partial charge in [-0.1, -0.05) is 35.9 Å². The number of carbonyl (C=O) groups excluding carboxylic acids is 2. The molecule has 2 heterocycles. The standard InChI is InChI=1S/C24H22ClN3O3S/c1-15(29)26-10-2-3-16-4-6-17(7-5-16)21-14-32-24(27-21)28-23(30)19-11-18-12-20(25)8-9-22(18)31-13-19/h4-9,11-12,14H,2-3,10,13H2,1H3,(H,26,29)(H,27,28,30). The number of anilines is 1. The molecule has 32 heavy (non-hydrogen) atoms. The van der Waals surface area contributed by atoms with Crippen LogP contribution in [-0.2, 0) is 16.0 Å². The molecule has 0 bridgehead atoms. The van der Waals surface area contributed by atoms with E-state index in [0.29, 0.717) is 28.0 Å². The van der Waals surface area contributed by atoms with Crippen molar-refractivity contribution < 1.29 is 14.3 Å². The molecule has 4 rings (SSSR count). The molecule has 0 spiro atoms. The van der Waals surface area contributed by atoms with E-state index in [1.807, 2.05) is 17.5 Å². The first-order chi connectivity index (χ1) is 15.5. The number of nitrogens with one attached hydrogen (secondary N) is 2. The monoisotopic (exact) mass is 467 g/mol. The van der Waals surface area contributed by atoms with Crippen LogP contribution in [0.15, 0.2) is 53.4 Å². The van der Waals surface area contributed by atoms with Crippen LogP contribution in [0.5, 0.6) is 5.75 Å². The van der Waals surface area contributed by atoms with Gasteiger partial charge in [0.1, 0.15) is 12.4 Å². The maximum absolute atomic E-state index is 12.7. The molecule has 3 aromatic rings.